The number of Topliss-reactive ketones (excluding diaryl/α,β-unsaturated/α-hetero) is 1. The minimum absolute atomic E-state index is 0.0182. The number of ketones is 1. The Morgan fingerprint density at radius 3 is 2.87 bits per heavy atom. The maximum absolute atomic E-state index is 12.3. The lowest BCUT2D eigenvalue weighted by molar-refractivity contribution is -0.137. The molecule has 162 valence electrons. The molecule has 1 fully saturated rings. The quantitative estimate of drug-likeness (QED) is 0.424. The maximum atomic E-state index is 12.3. The standard InChI is InChI=1S/C24H30O6/c25-19(23-14-11-16-7-5-6-9-22(16)30-23)13-12-18-17(20(26)15-21(18)27)8-3-1-2-4-10-24(28)29/h1,3,5-7,9,12-13,17-19,21,23,25,27H,2,4,8,10-11,14-15H2,(H,28,29)/b3-1-,13-12+/t17-,18?,19-,21-,23+/m1/s1. The summed E-state index contributed by atoms with van der Waals surface area (Å²) in [5.74, 6) is -0.668. The number of rotatable bonds is 9. The van der Waals surface area contributed by atoms with Crippen LogP contribution in [0.1, 0.15) is 44.1 Å². The first-order valence-electron chi connectivity index (χ1n) is 10.6. The average molecular weight is 414 g/mol. The number of ether oxygens (including phenoxy) is 1. The van der Waals surface area contributed by atoms with Crippen LogP contribution < -0.4 is 4.74 Å². The number of unbranched alkanes of at least 4 members (excludes halogenated alkanes) is 1. The number of para-hydroxylation sites is 1. The van der Waals surface area contributed by atoms with Crippen LogP contribution in [-0.4, -0.2) is 45.4 Å². The molecule has 3 rings (SSSR count). The number of carboxylic acid groups (broad SMARTS) is 1. The van der Waals surface area contributed by atoms with E-state index in [1.54, 1.807) is 12.2 Å². The second-order valence-electron chi connectivity index (χ2n) is 8.09. The number of carbonyl (C=O) groups is 2. The van der Waals surface area contributed by atoms with Gasteiger partial charge in [0, 0.05) is 24.7 Å². The van der Waals surface area contributed by atoms with E-state index in [-0.39, 0.29) is 36.6 Å². The van der Waals surface area contributed by atoms with Gasteiger partial charge < -0.3 is 20.1 Å². The highest BCUT2D eigenvalue weighted by Crippen LogP contribution is 2.34. The largest absolute Gasteiger partial charge is 0.487 e. The minimum atomic E-state index is -0.813. The van der Waals surface area contributed by atoms with Crippen LogP contribution in [-0.2, 0) is 16.0 Å². The van der Waals surface area contributed by atoms with E-state index in [1.807, 2.05) is 36.4 Å². The fourth-order valence-electron chi connectivity index (χ4n) is 4.21. The maximum Gasteiger partial charge on any atom is 0.303 e. The van der Waals surface area contributed by atoms with Gasteiger partial charge in [-0.1, -0.05) is 42.5 Å². The number of benzene rings is 1. The molecule has 1 aromatic carbocycles. The second-order valence-corrected chi connectivity index (χ2v) is 8.09. The van der Waals surface area contributed by atoms with Crippen molar-refractivity contribution < 1.29 is 29.6 Å². The number of allylic oxidation sites excluding steroid dienone is 2. The van der Waals surface area contributed by atoms with Gasteiger partial charge in [0.05, 0.1) is 6.10 Å². The van der Waals surface area contributed by atoms with E-state index in [0.29, 0.717) is 25.7 Å². The van der Waals surface area contributed by atoms with Crippen LogP contribution in [0, 0.1) is 11.8 Å². The van der Waals surface area contributed by atoms with Crippen LogP contribution in [0.2, 0.25) is 0 Å². The summed E-state index contributed by atoms with van der Waals surface area (Å²) in [5, 5.41) is 29.5. The van der Waals surface area contributed by atoms with Crippen molar-refractivity contribution in [2.45, 2.75) is 63.3 Å². The minimum Gasteiger partial charge on any atom is -0.487 e. The number of hydrogen-bond donors (Lipinski definition) is 3. The molecule has 0 bridgehead atoms. The molecule has 0 saturated heterocycles. The van der Waals surface area contributed by atoms with Gasteiger partial charge in [0.15, 0.2) is 0 Å². The van der Waals surface area contributed by atoms with Gasteiger partial charge in [-0.05, 0) is 43.7 Å². The van der Waals surface area contributed by atoms with Crippen molar-refractivity contribution in [2.24, 2.45) is 11.8 Å². The molecule has 6 heteroatoms. The summed E-state index contributed by atoms with van der Waals surface area (Å²) in [6.45, 7) is 0. The smallest absolute Gasteiger partial charge is 0.303 e. The number of hydrogen-bond acceptors (Lipinski definition) is 5. The highest BCUT2D eigenvalue weighted by atomic mass is 16.5. The van der Waals surface area contributed by atoms with E-state index in [0.717, 1.165) is 17.7 Å². The van der Waals surface area contributed by atoms with Gasteiger partial charge in [0.2, 0.25) is 0 Å². The topological polar surface area (TPSA) is 104 Å². The molecular weight excluding hydrogens is 384 g/mol. The van der Waals surface area contributed by atoms with E-state index < -0.39 is 18.2 Å². The van der Waals surface area contributed by atoms with Gasteiger partial charge in [0.1, 0.15) is 23.7 Å². The highest BCUT2D eigenvalue weighted by Gasteiger charge is 2.39. The zero-order valence-electron chi connectivity index (χ0n) is 17.0. The number of carbonyl (C=O) groups excluding carboxylic acids is 1. The van der Waals surface area contributed by atoms with Crippen LogP contribution in [0.15, 0.2) is 48.6 Å². The normalized spacial score (nSPS) is 27.3. The summed E-state index contributed by atoms with van der Waals surface area (Å²) >= 11 is 0. The third-order valence-electron chi connectivity index (χ3n) is 5.91. The summed E-state index contributed by atoms with van der Waals surface area (Å²) in [6, 6.07) is 7.80. The molecule has 1 unspecified atom stereocenters. The molecule has 1 heterocycles. The second kappa shape index (κ2) is 10.5. The first kappa shape index (κ1) is 22.2. The molecule has 5 atom stereocenters. The molecule has 1 aliphatic carbocycles. The number of aryl methyl sites for hydroxylation is 1. The molecule has 1 aromatic rings. The molecule has 0 amide bonds. The van der Waals surface area contributed by atoms with Gasteiger partial charge in [0.25, 0.3) is 0 Å². The van der Waals surface area contributed by atoms with E-state index in [1.165, 1.54) is 0 Å². The number of fused-ring (bicyclic) bond motifs is 1. The number of aliphatic carboxylic acids is 1. The molecule has 0 aromatic heterocycles. The summed E-state index contributed by atoms with van der Waals surface area (Å²) in [7, 11) is 0. The summed E-state index contributed by atoms with van der Waals surface area (Å²) in [4.78, 5) is 22.8. The van der Waals surface area contributed by atoms with Gasteiger partial charge in [-0.25, -0.2) is 0 Å². The summed E-state index contributed by atoms with van der Waals surface area (Å²) in [5.41, 5.74) is 1.14. The Kier molecular flexibility index (Phi) is 7.82. The van der Waals surface area contributed by atoms with E-state index in [4.69, 9.17) is 9.84 Å². The van der Waals surface area contributed by atoms with Gasteiger partial charge >= 0.3 is 5.97 Å². The molecule has 2 aliphatic rings. The lowest BCUT2D eigenvalue weighted by Crippen LogP contribution is -2.34. The first-order chi connectivity index (χ1) is 14.5. The molecule has 1 saturated carbocycles. The van der Waals surface area contributed by atoms with E-state index in [9.17, 15) is 19.8 Å². The molecule has 6 nitrogen and oxygen atoms in total. The fraction of sp³-hybridized carbons (Fsp3) is 0.500. The van der Waals surface area contributed by atoms with Crippen molar-refractivity contribution in [2.75, 3.05) is 0 Å². The fourth-order valence-corrected chi connectivity index (χ4v) is 4.21. The number of carboxylic acids is 1. The Hall–Kier alpha value is -2.44. The number of aliphatic hydroxyl groups is 2. The monoisotopic (exact) mass is 414 g/mol. The van der Waals surface area contributed by atoms with Crippen LogP contribution in [0.4, 0.5) is 0 Å². The summed E-state index contributed by atoms with van der Waals surface area (Å²) < 4.78 is 5.92. The van der Waals surface area contributed by atoms with E-state index >= 15 is 0 Å². The molecule has 1 aliphatic heterocycles. The van der Waals surface area contributed by atoms with Crippen LogP contribution in [0.3, 0.4) is 0 Å². The predicted molar refractivity (Wildman–Crippen MR) is 112 cm³/mol. The first-order valence-corrected chi connectivity index (χ1v) is 10.6. The van der Waals surface area contributed by atoms with Crippen LogP contribution in [0.5, 0.6) is 5.75 Å². The SMILES string of the molecule is O=C(O)CCC/C=C\C[C@H]1C(=O)C[C@@H](O)C1/C=C/[C@@H](O)[C@@H]1CCc2ccccc2O1. The Bertz CT molecular complexity index is 799. The highest BCUT2D eigenvalue weighted by molar-refractivity contribution is 5.84. The Balaban J connectivity index is 1.55. The average Bonchev–Trinajstić information content (AvgIpc) is 3.00. The predicted octanol–water partition coefficient (Wildman–Crippen LogP) is 3.06. The Morgan fingerprint density at radius 2 is 2.07 bits per heavy atom. The molecule has 0 radical (unpaired) electrons. The summed E-state index contributed by atoms with van der Waals surface area (Å²) in [6.07, 6.45) is 8.78. The van der Waals surface area contributed by atoms with Crippen molar-refractivity contribution in [1.29, 1.82) is 0 Å². The molecule has 0 spiro atoms. The molecule has 30 heavy (non-hydrogen) atoms. The third-order valence-corrected chi connectivity index (χ3v) is 5.91. The van der Waals surface area contributed by atoms with Crippen molar-refractivity contribution in [3.05, 3.63) is 54.1 Å². The van der Waals surface area contributed by atoms with Crippen LogP contribution in [0.25, 0.3) is 0 Å². The zero-order valence-corrected chi connectivity index (χ0v) is 17.0. The lowest BCUT2D eigenvalue weighted by atomic mass is 9.89. The molecular formula is C24H30O6. The van der Waals surface area contributed by atoms with Gasteiger partial charge in [-0.3, -0.25) is 9.59 Å². The van der Waals surface area contributed by atoms with E-state index in [2.05, 4.69) is 0 Å². The van der Waals surface area contributed by atoms with Crippen LogP contribution >= 0.6 is 0 Å². The Labute approximate surface area is 176 Å². The van der Waals surface area contributed by atoms with Crippen molar-refractivity contribution in [1.82, 2.24) is 0 Å². The van der Waals surface area contributed by atoms with Crippen molar-refractivity contribution >= 4 is 11.8 Å². The van der Waals surface area contributed by atoms with Gasteiger partial charge in [-0.2, -0.15) is 0 Å². The molecule has 3 N–H and O–H groups in total. The Morgan fingerprint density at radius 1 is 1.27 bits per heavy atom. The van der Waals surface area contributed by atoms with Gasteiger partial charge in [-0.15, -0.1) is 0 Å². The van der Waals surface area contributed by atoms with Crippen molar-refractivity contribution in [3.63, 3.8) is 0 Å². The van der Waals surface area contributed by atoms with Crippen molar-refractivity contribution in [3.8, 4) is 5.75 Å². The zero-order chi connectivity index (χ0) is 21.5. The lowest BCUT2D eigenvalue weighted by Gasteiger charge is -2.28. The third kappa shape index (κ3) is 5.80. The number of aliphatic hydroxyl groups excluding tert-OH is 2.